The van der Waals surface area contributed by atoms with Crippen molar-refractivity contribution in [1.82, 2.24) is 0 Å². The molecule has 0 aliphatic carbocycles. The number of aliphatic carboxylic acids is 1. The third-order valence-corrected chi connectivity index (χ3v) is 11.7. The molecule has 0 bridgehead atoms. The van der Waals surface area contributed by atoms with E-state index >= 15 is 0 Å². The van der Waals surface area contributed by atoms with Crippen LogP contribution >= 0.6 is 0 Å². The summed E-state index contributed by atoms with van der Waals surface area (Å²) in [7, 11) is 0. The van der Waals surface area contributed by atoms with E-state index in [4.69, 9.17) is 57.2 Å². The lowest BCUT2D eigenvalue weighted by molar-refractivity contribution is -0.372. The monoisotopic (exact) mass is 1010 g/mol. The second-order valence-corrected chi connectivity index (χ2v) is 17.4. The van der Waals surface area contributed by atoms with E-state index in [1.54, 1.807) is 27.7 Å². The molecule has 0 amide bonds. The van der Waals surface area contributed by atoms with Gasteiger partial charge in [-0.1, -0.05) is 99.1 Å². The summed E-state index contributed by atoms with van der Waals surface area (Å²) in [6, 6.07) is 0. The van der Waals surface area contributed by atoms with Crippen LogP contribution in [0.1, 0.15) is 184 Å². The van der Waals surface area contributed by atoms with Crippen molar-refractivity contribution in [2.75, 3.05) is 13.2 Å². The lowest BCUT2D eigenvalue weighted by atomic mass is 9.96. The second-order valence-electron chi connectivity index (χ2n) is 17.4. The Balaban J connectivity index is 2.55. The maximum Gasteiger partial charge on any atom is 0.306 e. The summed E-state index contributed by atoms with van der Waals surface area (Å²) in [5.74, 6) is -5.76. The van der Waals surface area contributed by atoms with Gasteiger partial charge in [0.15, 0.2) is 49.2 Å². The molecule has 0 aromatic carbocycles. The van der Waals surface area contributed by atoms with Crippen LogP contribution in [0.5, 0.6) is 0 Å². The Bertz CT molecular complexity index is 1670. The van der Waals surface area contributed by atoms with Gasteiger partial charge in [0.05, 0.1) is 6.10 Å². The smallest absolute Gasteiger partial charge is 0.306 e. The van der Waals surface area contributed by atoms with Crippen molar-refractivity contribution in [3.05, 3.63) is 12.2 Å². The Morgan fingerprint density at radius 1 is 0.451 bits per heavy atom. The first-order valence-electron chi connectivity index (χ1n) is 25.8. The van der Waals surface area contributed by atoms with E-state index in [0.29, 0.717) is 12.8 Å². The Morgan fingerprint density at radius 3 is 1.25 bits per heavy atom. The number of carboxylic acid groups (broad SMARTS) is 1. The highest BCUT2D eigenvalue weighted by molar-refractivity contribution is 5.72. The fourth-order valence-corrected chi connectivity index (χ4v) is 7.60. The Hall–Kier alpha value is -4.66. The lowest BCUT2D eigenvalue weighted by Crippen LogP contribution is -2.67. The Kier molecular flexibility index (Phi) is 31.2. The molecule has 1 unspecified atom stereocenters. The van der Waals surface area contributed by atoms with Crippen LogP contribution < -0.4 is 0 Å². The van der Waals surface area contributed by atoms with Gasteiger partial charge in [-0.3, -0.25) is 38.4 Å². The highest BCUT2D eigenvalue weighted by Gasteiger charge is 2.58. The molecule has 2 aliphatic rings. The number of carbonyl (C=O) groups is 8. The minimum absolute atomic E-state index is 0.0160. The molecule has 406 valence electrons. The lowest BCUT2D eigenvalue weighted by Gasteiger charge is -2.49. The number of esters is 7. The van der Waals surface area contributed by atoms with Gasteiger partial charge in [-0.25, -0.2) is 0 Å². The fourth-order valence-electron chi connectivity index (χ4n) is 7.60. The maximum absolute atomic E-state index is 13.3. The summed E-state index contributed by atoms with van der Waals surface area (Å²) < 4.78 is 66.5. The molecular formula is C51H82O20. The molecule has 11 atom stereocenters. The predicted molar refractivity (Wildman–Crippen MR) is 253 cm³/mol. The summed E-state index contributed by atoms with van der Waals surface area (Å²) in [6.07, 6.45) is -1.03. The molecule has 2 heterocycles. The summed E-state index contributed by atoms with van der Waals surface area (Å²) in [6.45, 7) is 11.7. The number of rotatable bonds is 35. The average molecular weight is 1020 g/mol. The van der Waals surface area contributed by atoms with Crippen LogP contribution in [0.3, 0.4) is 0 Å². The topological polar surface area (TPSA) is 258 Å². The Labute approximate surface area is 419 Å². The fraction of sp³-hybridized carbons (Fsp3) is 0.804. The minimum Gasteiger partial charge on any atom is -0.481 e. The number of carbonyl (C=O) groups excluding carboxylic acids is 7. The molecule has 2 aliphatic heterocycles. The highest BCUT2D eigenvalue weighted by atomic mass is 16.8. The normalized spacial score (nSPS) is 24.6. The largest absolute Gasteiger partial charge is 0.481 e. The first-order valence-corrected chi connectivity index (χ1v) is 25.8. The molecule has 2 saturated heterocycles. The summed E-state index contributed by atoms with van der Waals surface area (Å²) in [5.41, 5.74) is 0. The van der Waals surface area contributed by atoms with E-state index < -0.39 is 128 Å². The van der Waals surface area contributed by atoms with Gasteiger partial charge in [0.2, 0.25) is 0 Å². The zero-order valence-corrected chi connectivity index (χ0v) is 43.3. The highest BCUT2D eigenvalue weighted by Crippen LogP contribution is 2.37. The molecule has 2 fully saturated rings. The zero-order chi connectivity index (χ0) is 52.7. The average Bonchev–Trinajstić information content (AvgIpc) is 3.36. The molecule has 20 heteroatoms. The molecule has 2 rings (SSSR count). The SMILES string of the molecule is CCC(=O)OC[C@H]1O[C@@H](O[C@H]2[C@H](OC(C)CCCCCC/C=C\CCCCCCCC(=O)O)O[C@H](COC(=O)CC)[C@@H](OC(=O)CC)[C@@H]2OC(=O)CC)[C@H](OC(=O)CC)[C@@H](OC(=O)CC)[C@@H]1OC(=O)CC. The predicted octanol–water partition coefficient (Wildman–Crippen LogP) is 7.45. The molecular weight excluding hydrogens is 933 g/mol. The number of carboxylic acids is 1. The molecule has 0 radical (unpaired) electrons. The van der Waals surface area contributed by atoms with E-state index in [1.165, 1.54) is 20.8 Å². The van der Waals surface area contributed by atoms with Gasteiger partial charge < -0.3 is 57.2 Å². The van der Waals surface area contributed by atoms with E-state index in [1.807, 2.05) is 6.92 Å². The number of allylic oxidation sites excluding steroid dienone is 2. The summed E-state index contributed by atoms with van der Waals surface area (Å²) >= 11 is 0. The van der Waals surface area contributed by atoms with Crippen LogP contribution in [0.25, 0.3) is 0 Å². The number of hydrogen-bond acceptors (Lipinski definition) is 19. The number of unbranched alkanes of at least 4 members (excludes halogenated alkanes) is 9. The van der Waals surface area contributed by atoms with Crippen LogP contribution in [-0.4, -0.2) is 134 Å². The van der Waals surface area contributed by atoms with Gasteiger partial charge >= 0.3 is 47.8 Å². The van der Waals surface area contributed by atoms with Crippen LogP contribution in [0.4, 0.5) is 0 Å². The maximum atomic E-state index is 13.3. The second kappa shape index (κ2) is 35.5. The van der Waals surface area contributed by atoms with Crippen molar-refractivity contribution in [3.8, 4) is 0 Å². The van der Waals surface area contributed by atoms with E-state index in [9.17, 15) is 38.4 Å². The van der Waals surface area contributed by atoms with E-state index in [0.717, 1.165) is 64.2 Å². The van der Waals surface area contributed by atoms with Gasteiger partial charge in [0.1, 0.15) is 25.4 Å². The van der Waals surface area contributed by atoms with Crippen LogP contribution in [-0.2, 0) is 90.5 Å². The van der Waals surface area contributed by atoms with Crippen LogP contribution in [0.15, 0.2) is 12.2 Å². The van der Waals surface area contributed by atoms with Gasteiger partial charge in [-0.05, 0) is 45.4 Å². The van der Waals surface area contributed by atoms with Crippen LogP contribution in [0, 0.1) is 0 Å². The molecule has 0 saturated carbocycles. The van der Waals surface area contributed by atoms with Gasteiger partial charge in [0.25, 0.3) is 0 Å². The molecule has 20 nitrogen and oxygen atoms in total. The van der Waals surface area contributed by atoms with Crippen LogP contribution in [0.2, 0.25) is 0 Å². The van der Waals surface area contributed by atoms with Gasteiger partial charge in [-0.15, -0.1) is 0 Å². The molecule has 0 aromatic rings. The van der Waals surface area contributed by atoms with E-state index in [-0.39, 0.29) is 51.4 Å². The molecule has 1 N–H and O–H groups in total. The number of ether oxygens (including phenoxy) is 11. The molecule has 71 heavy (non-hydrogen) atoms. The van der Waals surface area contributed by atoms with Gasteiger partial charge in [-0.2, -0.15) is 0 Å². The van der Waals surface area contributed by atoms with Gasteiger partial charge in [0, 0.05) is 51.4 Å². The Morgan fingerprint density at radius 2 is 0.817 bits per heavy atom. The third kappa shape index (κ3) is 23.6. The third-order valence-electron chi connectivity index (χ3n) is 11.7. The first-order chi connectivity index (χ1) is 34.0. The number of hydrogen-bond donors (Lipinski definition) is 1. The van der Waals surface area contributed by atoms with E-state index in [2.05, 4.69) is 12.2 Å². The summed E-state index contributed by atoms with van der Waals surface area (Å²) in [4.78, 5) is 101. The molecule has 0 aromatic heterocycles. The molecule has 0 spiro atoms. The standard InChI is InChI=1S/C51H82O20/c1-9-37(54)61-31-34-45(67-40(57)12-4)47(69-42(59)14-6)49(50(64-34)63-33(8)29-27-25-23-21-19-17-16-18-20-22-24-26-28-30-36(52)53)71-51-48(70-43(60)15-7)46(68-41(58)13-5)44(66-39(56)11-3)35(65-51)32-62-38(55)10-2/h16-17,33-35,44-51H,9-15,18-32H2,1-8H3,(H,52,53)/b17-16-/t33?,34-,35-,44-,45-,46+,47+,48-,49-,50-,51+/m1/s1. The van der Waals surface area contributed by atoms with Crippen molar-refractivity contribution in [1.29, 1.82) is 0 Å². The first kappa shape index (κ1) is 62.5. The quantitative estimate of drug-likeness (QED) is 0.0280. The van der Waals surface area contributed by atoms with Crippen molar-refractivity contribution in [2.45, 2.75) is 251 Å². The van der Waals surface area contributed by atoms with Crippen molar-refractivity contribution in [3.63, 3.8) is 0 Å². The van der Waals surface area contributed by atoms with Crippen molar-refractivity contribution < 1.29 is 95.6 Å². The minimum atomic E-state index is -1.78. The summed E-state index contributed by atoms with van der Waals surface area (Å²) in [5, 5.41) is 8.78. The van der Waals surface area contributed by atoms with Crippen molar-refractivity contribution in [2.24, 2.45) is 0 Å². The zero-order valence-electron chi connectivity index (χ0n) is 43.3. The van der Waals surface area contributed by atoms with Crippen molar-refractivity contribution >= 4 is 47.8 Å².